The Morgan fingerprint density at radius 1 is 1.28 bits per heavy atom. The molecule has 1 heterocycles. The first kappa shape index (κ1) is 12.6. The van der Waals surface area contributed by atoms with Gasteiger partial charge in [-0.25, -0.2) is 14.4 Å². The predicted molar refractivity (Wildman–Crippen MR) is 67.3 cm³/mol. The van der Waals surface area contributed by atoms with Crippen LogP contribution >= 0.6 is 11.6 Å². The van der Waals surface area contributed by atoms with Crippen molar-refractivity contribution in [1.29, 1.82) is 0 Å². The first-order valence-corrected chi connectivity index (χ1v) is 5.61. The topological polar surface area (TPSA) is 47.0 Å². The molecule has 0 aliphatic carbocycles. The van der Waals surface area contributed by atoms with E-state index in [0.29, 0.717) is 18.1 Å². The normalized spacial score (nSPS) is 10.2. The number of ether oxygens (including phenoxy) is 1. The number of nitrogens with zero attached hydrogens (tertiary/aromatic N) is 2. The van der Waals surface area contributed by atoms with E-state index in [0.717, 1.165) is 5.56 Å². The van der Waals surface area contributed by atoms with Gasteiger partial charge in [-0.3, -0.25) is 0 Å². The van der Waals surface area contributed by atoms with Crippen LogP contribution < -0.4 is 10.1 Å². The van der Waals surface area contributed by atoms with Gasteiger partial charge in [0.15, 0.2) is 16.7 Å². The summed E-state index contributed by atoms with van der Waals surface area (Å²) in [7, 11) is 1.49. The smallest absolute Gasteiger partial charge is 0.198 e. The average molecular weight is 268 g/mol. The third-order valence-electron chi connectivity index (χ3n) is 2.34. The molecule has 0 saturated carbocycles. The number of methoxy groups -OCH3 is 1. The largest absolute Gasteiger partial charge is 0.490 e. The molecule has 0 spiro atoms. The third-order valence-corrected chi connectivity index (χ3v) is 2.61. The zero-order chi connectivity index (χ0) is 13.0. The predicted octanol–water partition coefficient (Wildman–Crippen LogP) is 2.89. The highest BCUT2D eigenvalue weighted by Gasteiger charge is 2.09. The molecule has 2 rings (SSSR count). The minimum absolute atomic E-state index is 0.245. The Morgan fingerprint density at radius 3 is 2.67 bits per heavy atom. The van der Waals surface area contributed by atoms with Crippen molar-refractivity contribution >= 4 is 17.4 Å². The van der Waals surface area contributed by atoms with Crippen molar-refractivity contribution in [3.63, 3.8) is 0 Å². The first-order valence-electron chi connectivity index (χ1n) is 5.23. The van der Waals surface area contributed by atoms with Gasteiger partial charge in [0.25, 0.3) is 0 Å². The minimum atomic E-state index is -0.263. The Bertz CT molecular complexity index is 533. The molecule has 4 nitrogen and oxygen atoms in total. The Kier molecular flexibility index (Phi) is 3.94. The van der Waals surface area contributed by atoms with Crippen LogP contribution in [-0.4, -0.2) is 17.1 Å². The molecule has 2 aromatic rings. The molecule has 1 N–H and O–H groups in total. The molecule has 1 aromatic heterocycles. The number of rotatable bonds is 4. The van der Waals surface area contributed by atoms with Crippen molar-refractivity contribution in [2.24, 2.45) is 0 Å². The number of hydrogen-bond donors (Lipinski definition) is 1. The fourth-order valence-electron chi connectivity index (χ4n) is 1.45. The van der Waals surface area contributed by atoms with E-state index in [9.17, 15) is 4.39 Å². The lowest BCUT2D eigenvalue weighted by Crippen LogP contribution is -2.04. The minimum Gasteiger partial charge on any atom is -0.490 e. The molecule has 0 amide bonds. The number of hydrogen-bond acceptors (Lipinski definition) is 4. The molecule has 0 fully saturated rings. The van der Waals surface area contributed by atoms with Gasteiger partial charge in [0.1, 0.15) is 12.1 Å². The SMILES string of the molecule is COc1c(Cl)ncnc1NCc1ccc(F)cc1. The van der Waals surface area contributed by atoms with E-state index < -0.39 is 0 Å². The summed E-state index contributed by atoms with van der Waals surface area (Å²) in [5, 5.41) is 3.30. The van der Waals surface area contributed by atoms with Crippen molar-refractivity contribution < 1.29 is 9.13 Å². The van der Waals surface area contributed by atoms with Crippen molar-refractivity contribution in [1.82, 2.24) is 9.97 Å². The molecule has 0 bridgehead atoms. The standard InChI is InChI=1S/C12H11ClFN3O/c1-18-10-11(13)16-7-17-12(10)15-6-8-2-4-9(14)5-3-8/h2-5,7H,6H2,1H3,(H,15,16,17). The Balaban J connectivity index is 2.10. The fourth-order valence-corrected chi connectivity index (χ4v) is 1.66. The summed E-state index contributed by atoms with van der Waals surface area (Å²) in [6.45, 7) is 0.490. The lowest BCUT2D eigenvalue weighted by atomic mass is 10.2. The van der Waals surface area contributed by atoms with Crippen LogP contribution in [-0.2, 0) is 6.54 Å². The highest BCUT2D eigenvalue weighted by atomic mass is 35.5. The van der Waals surface area contributed by atoms with E-state index in [1.807, 2.05) is 0 Å². The molecule has 18 heavy (non-hydrogen) atoms. The second-order valence-electron chi connectivity index (χ2n) is 3.53. The molecule has 0 unspecified atom stereocenters. The number of aromatic nitrogens is 2. The first-order chi connectivity index (χ1) is 8.70. The number of benzene rings is 1. The van der Waals surface area contributed by atoms with Crippen LogP contribution in [0.3, 0.4) is 0 Å². The van der Waals surface area contributed by atoms with Crippen LogP contribution in [0.4, 0.5) is 10.2 Å². The van der Waals surface area contributed by atoms with Crippen molar-refractivity contribution in [3.8, 4) is 5.75 Å². The van der Waals surface area contributed by atoms with E-state index in [1.165, 1.54) is 25.6 Å². The van der Waals surface area contributed by atoms with Crippen LogP contribution in [0.25, 0.3) is 0 Å². The highest BCUT2D eigenvalue weighted by molar-refractivity contribution is 6.31. The molecular weight excluding hydrogens is 257 g/mol. The number of halogens is 2. The third kappa shape index (κ3) is 2.87. The molecular formula is C12H11ClFN3O. The molecule has 6 heteroatoms. The van der Waals surface area contributed by atoms with Gasteiger partial charge in [0.2, 0.25) is 0 Å². The second-order valence-corrected chi connectivity index (χ2v) is 3.88. The molecule has 0 radical (unpaired) electrons. The summed E-state index contributed by atoms with van der Waals surface area (Å²) in [6, 6.07) is 6.19. The summed E-state index contributed by atoms with van der Waals surface area (Å²) in [6.07, 6.45) is 1.35. The van der Waals surface area contributed by atoms with Gasteiger partial charge < -0.3 is 10.1 Å². The molecule has 0 saturated heterocycles. The highest BCUT2D eigenvalue weighted by Crippen LogP contribution is 2.28. The molecule has 94 valence electrons. The van der Waals surface area contributed by atoms with E-state index in [2.05, 4.69) is 15.3 Å². The summed E-state index contributed by atoms with van der Waals surface area (Å²) >= 11 is 5.87. The average Bonchev–Trinajstić information content (AvgIpc) is 2.38. The maximum absolute atomic E-state index is 12.7. The summed E-state index contributed by atoms with van der Waals surface area (Å²) in [4.78, 5) is 7.85. The van der Waals surface area contributed by atoms with Crippen molar-refractivity contribution in [2.45, 2.75) is 6.54 Å². The van der Waals surface area contributed by atoms with Gasteiger partial charge in [-0.1, -0.05) is 23.7 Å². The van der Waals surface area contributed by atoms with E-state index in [4.69, 9.17) is 16.3 Å². The van der Waals surface area contributed by atoms with Crippen LogP contribution in [0.5, 0.6) is 5.75 Å². The Hall–Kier alpha value is -1.88. The Morgan fingerprint density at radius 2 is 2.00 bits per heavy atom. The summed E-state index contributed by atoms with van der Waals surface area (Å²) in [5.41, 5.74) is 0.924. The summed E-state index contributed by atoms with van der Waals surface area (Å²) < 4.78 is 17.8. The summed E-state index contributed by atoms with van der Waals surface area (Å²) in [5.74, 6) is 0.629. The van der Waals surface area contributed by atoms with E-state index >= 15 is 0 Å². The van der Waals surface area contributed by atoms with Gasteiger partial charge in [0, 0.05) is 6.54 Å². The molecule has 0 aliphatic rings. The monoisotopic (exact) mass is 267 g/mol. The number of nitrogens with one attached hydrogen (secondary N) is 1. The van der Waals surface area contributed by atoms with Gasteiger partial charge in [-0.05, 0) is 17.7 Å². The molecule has 0 aliphatic heterocycles. The second kappa shape index (κ2) is 5.64. The van der Waals surface area contributed by atoms with Crippen LogP contribution in [0.15, 0.2) is 30.6 Å². The maximum Gasteiger partial charge on any atom is 0.198 e. The maximum atomic E-state index is 12.7. The van der Waals surface area contributed by atoms with Gasteiger partial charge >= 0.3 is 0 Å². The van der Waals surface area contributed by atoms with Crippen molar-refractivity contribution in [2.75, 3.05) is 12.4 Å². The van der Waals surface area contributed by atoms with Gasteiger partial charge in [-0.15, -0.1) is 0 Å². The quantitative estimate of drug-likeness (QED) is 0.866. The fraction of sp³-hybridized carbons (Fsp3) is 0.167. The lowest BCUT2D eigenvalue weighted by molar-refractivity contribution is 0.413. The number of anilines is 1. The zero-order valence-corrected chi connectivity index (χ0v) is 10.4. The zero-order valence-electron chi connectivity index (χ0n) is 9.65. The van der Waals surface area contributed by atoms with Gasteiger partial charge in [0.05, 0.1) is 7.11 Å². The van der Waals surface area contributed by atoms with Crippen LogP contribution in [0.1, 0.15) is 5.56 Å². The van der Waals surface area contributed by atoms with E-state index in [-0.39, 0.29) is 11.0 Å². The molecule has 0 atom stereocenters. The Labute approximate surface area is 109 Å². The van der Waals surface area contributed by atoms with Crippen molar-refractivity contribution in [3.05, 3.63) is 47.1 Å². The van der Waals surface area contributed by atoms with E-state index in [1.54, 1.807) is 12.1 Å². The molecule has 1 aromatic carbocycles. The lowest BCUT2D eigenvalue weighted by Gasteiger charge is -2.10. The van der Waals surface area contributed by atoms with Gasteiger partial charge in [-0.2, -0.15) is 0 Å². The van der Waals surface area contributed by atoms with Crippen LogP contribution in [0, 0.1) is 5.82 Å². The van der Waals surface area contributed by atoms with Crippen LogP contribution in [0.2, 0.25) is 5.15 Å².